The minimum Gasteiger partial charge on any atom is -0.397 e. The average Bonchev–Trinajstić information content (AvgIpc) is 2.85. The van der Waals surface area contributed by atoms with Gasteiger partial charge in [-0.25, -0.2) is 4.98 Å². The largest absolute Gasteiger partial charge is 0.397 e. The Labute approximate surface area is 127 Å². The van der Waals surface area contributed by atoms with E-state index in [1.165, 1.54) is 11.3 Å². The lowest BCUT2D eigenvalue weighted by molar-refractivity contribution is 0.0390. The van der Waals surface area contributed by atoms with Crippen LogP contribution in [0.3, 0.4) is 0 Å². The number of pyridine rings is 1. The summed E-state index contributed by atoms with van der Waals surface area (Å²) in [5.41, 5.74) is 6.65. The lowest BCUT2D eigenvalue weighted by Gasteiger charge is -2.27. The second kappa shape index (κ2) is 5.99. The Morgan fingerprint density at radius 1 is 1.62 bits per heavy atom. The van der Waals surface area contributed by atoms with Crippen molar-refractivity contribution in [2.24, 2.45) is 5.92 Å². The minimum atomic E-state index is -0.0268. The highest BCUT2D eigenvalue weighted by molar-refractivity contribution is 7.21. The Morgan fingerprint density at radius 2 is 2.48 bits per heavy atom. The van der Waals surface area contributed by atoms with E-state index in [1.54, 1.807) is 11.1 Å². The molecule has 1 saturated heterocycles. The van der Waals surface area contributed by atoms with Crippen LogP contribution in [0.25, 0.3) is 10.2 Å². The summed E-state index contributed by atoms with van der Waals surface area (Å²) >= 11 is 1.36. The summed E-state index contributed by atoms with van der Waals surface area (Å²) in [5.74, 6) is 0.391. The number of carbonyl (C=O) groups excluding carboxylic acids is 1. The SMILES string of the molecule is CN(CC1CCCOC1)C(=O)c1sc2ncccc2c1N. The summed E-state index contributed by atoms with van der Waals surface area (Å²) in [5, 5.41) is 0.861. The van der Waals surface area contributed by atoms with E-state index in [2.05, 4.69) is 4.98 Å². The van der Waals surface area contributed by atoms with Crippen molar-refractivity contribution in [3.63, 3.8) is 0 Å². The molecule has 1 fully saturated rings. The van der Waals surface area contributed by atoms with Gasteiger partial charge in [-0.1, -0.05) is 0 Å². The van der Waals surface area contributed by atoms with E-state index < -0.39 is 0 Å². The summed E-state index contributed by atoms with van der Waals surface area (Å²) in [7, 11) is 1.83. The van der Waals surface area contributed by atoms with Gasteiger partial charge < -0.3 is 15.4 Å². The van der Waals surface area contributed by atoms with Crippen molar-refractivity contribution in [2.45, 2.75) is 12.8 Å². The number of anilines is 1. The summed E-state index contributed by atoms with van der Waals surface area (Å²) in [6.45, 7) is 2.28. The van der Waals surface area contributed by atoms with E-state index in [0.29, 0.717) is 23.0 Å². The first-order valence-corrected chi connectivity index (χ1v) is 7.94. The third-order valence-corrected chi connectivity index (χ3v) is 4.95. The van der Waals surface area contributed by atoms with Crippen LogP contribution in [0.4, 0.5) is 5.69 Å². The molecule has 2 N–H and O–H groups in total. The van der Waals surface area contributed by atoms with Crippen molar-refractivity contribution in [1.29, 1.82) is 0 Å². The van der Waals surface area contributed by atoms with Gasteiger partial charge in [0.1, 0.15) is 9.71 Å². The van der Waals surface area contributed by atoms with Crippen LogP contribution in [0.15, 0.2) is 18.3 Å². The minimum absolute atomic E-state index is 0.0268. The first kappa shape index (κ1) is 14.3. The van der Waals surface area contributed by atoms with Crippen LogP contribution < -0.4 is 5.73 Å². The fourth-order valence-corrected chi connectivity index (χ4v) is 3.76. The van der Waals surface area contributed by atoms with E-state index in [0.717, 1.165) is 36.3 Å². The molecule has 1 unspecified atom stereocenters. The quantitative estimate of drug-likeness (QED) is 0.945. The molecular formula is C15H19N3O2S. The highest BCUT2D eigenvalue weighted by Gasteiger charge is 2.23. The number of nitrogen functional groups attached to an aromatic ring is 1. The predicted molar refractivity (Wildman–Crippen MR) is 84.5 cm³/mol. The van der Waals surface area contributed by atoms with Crippen LogP contribution in [-0.2, 0) is 4.74 Å². The average molecular weight is 305 g/mol. The molecule has 1 atom stereocenters. The van der Waals surface area contributed by atoms with Gasteiger partial charge in [0.05, 0.1) is 12.3 Å². The van der Waals surface area contributed by atoms with Gasteiger partial charge in [-0.2, -0.15) is 0 Å². The molecule has 0 bridgehead atoms. The lowest BCUT2D eigenvalue weighted by atomic mass is 10.0. The number of hydrogen-bond donors (Lipinski definition) is 1. The predicted octanol–water partition coefficient (Wildman–Crippen LogP) is 2.38. The number of amides is 1. The zero-order chi connectivity index (χ0) is 14.8. The van der Waals surface area contributed by atoms with Crippen LogP contribution in [-0.4, -0.2) is 42.6 Å². The van der Waals surface area contributed by atoms with E-state index in [1.807, 2.05) is 19.2 Å². The van der Waals surface area contributed by atoms with Gasteiger partial charge in [0.15, 0.2) is 0 Å². The van der Waals surface area contributed by atoms with E-state index in [-0.39, 0.29) is 5.91 Å². The van der Waals surface area contributed by atoms with Crippen LogP contribution in [0.1, 0.15) is 22.5 Å². The molecule has 0 aliphatic carbocycles. The van der Waals surface area contributed by atoms with Gasteiger partial charge in [-0.15, -0.1) is 11.3 Å². The number of aromatic nitrogens is 1. The summed E-state index contributed by atoms with van der Waals surface area (Å²) in [6.07, 6.45) is 3.90. The second-order valence-electron chi connectivity index (χ2n) is 5.47. The van der Waals surface area contributed by atoms with Crippen molar-refractivity contribution < 1.29 is 9.53 Å². The second-order valence-corrected chi connectivity index (χ2v) is 6.47. The van der Waals surface area contributed by atoms with E-state index >= 15 is 0 Å². The van der Waals surface area contributed by atoms with Gasteiger partial charge in [0.25, 0.3) is 5.91 Å². The van der Waals surface area contributed by atoms with Gasteiger partial charge >= 0.3 is 0 Å². The smallest absolute Gasteiger partial charge is 0.265 e. The van der Waals surface area contributed by atoms with Crippen LogP contribution in [0.2, 0.25) is 0 Å². The fraction of sp³-hybridized carbons (Fsp3) is 0.467. The van der Waals surface area contributed by atoms with Crippen molar-refractivity contribution in [3.05, 3.63) is 23.2 Å². The Bertz CT molecular complexity index is 649. The number of nitrogens with two attached hydrogens (primary N) is 1. The zero-order valence-corrected chi connectivity index (χ0v) is 12.9. The molecule has 0 saturated carbocycles. The Balaban J connectivity index is 1.77. The fourth-order valence-electron chi connectivity index (χ4n) is 2.70. The summed E-state index contributed by atoms with van der Waals surface area (Å²) in [6, 6.07) is 3.74. The molecule has 0 spiro atoms. The van der Waals surface area contributed by atoms with Crippen molar-refractivity contribution in [2.75, 3.05) is 32.5 Å². The first-order valence-electron chi connectivity index (χ1n) is 7.13. The monoisotopic (exact) mass is 305 g/mol. The van der Waals surface area contributed by atoms with E-state index in [4.69, 9.17) is 10.5 Å². The van der Waals surface area contributed by atoms with Crippen molar-refractivity contribution >= 4 is 33.1 Å². The molecule has 6 heteroatoms. The van der Waals surface area contributed by atoms with Gasteiger partial charge in [-0.05, 0) is 30.9 Å². The van der Waals surface area contributed by atoms with Gasteiger partial charge in [0.2, 0.25) is 0 Å². The normalized spacial score (nSPS) is 18.8. The number of carbonyl (C=O) groups is 1. The number of hydrogen-bond acceptors (Lipinski definition) is 5. The zero-order valence-electron chi connectivity index (χ0n) is 12.0. The maximum absolute atomic E-state index is 12.6. The maximum Gasteiger partial charge on any atom is 0.265 e. The number of ether oxygens (including phenoxy) is 1. The third kappa shape index (κ3) is 2.87. The van der Waals surface area contributed by atoms with Gasteiger partial charge in [0, 0.05) is 31.8 Å². The Hall–Kier alpha value is -1.66. The van der Waals surface area contributed by atoms with Crippen LogP contribution >= 0.6 is 11.3 Å². The number of nitrogens with zero attached hydrogens (tertiary/aromatic N) is 2. The molecule has 1 aliphatic heterocycles. The van der Waals surface area contributed by atoms with Crippen molar-refractivity contribution in [1.82, 2.24) is 9.88 Å². The van der Waals surface area contributed by atoms with Gasteiger partial charge in [-0.3, -0.25) is 4.79 Å². The summed E-state index contributed by atoms with van der Waals surface area (Å²) < 4.78 is 5.47. The standard InChI is InChI=1S/C15H19N3O2S/c1-18(8-10-4-3-7-20-9-10)15(19)13-12(16)11-5-2-6-17-14(11)21-13/h2,5-6,10H,3-4,7-9,16H2,1H3. The molecule has 1 aliphatic rings. The van der Waals surface area contributed by atoms with Crippen LogP contribution in [0.5, 0.6) is 0 Å². The summed E-state index contributed by atoms with van der Waals surface area (Å²) in [4.78, 5) is 20.0. The molecule has 5 nitrogen and oxygen atoms in total. The molecule has 112 valence electrons. The van der Waals surface area contributed by atoms with E-state index in [9.17, 15) is 4.79 Å². The number of rotatable bonds is 3. The molecule has 2 aromatic rings. The van der Waals surface area contributed by atoms with Crippen molar-refractivity contribution in [3.8, 4) is 0 Å². The molecule has 1 amide bonds. The molecule has 3 rings (SSSR count). The molecule has 3 heterocycles. The lowest BCUT2D eigenvalue weighted by Crippen LogP contribution is -2.35. The molecular weight excluding hydrogens is 286 g/mol. The third-order valence-electron chi connectivity index (χ3n) is 3.83. The highest BCUT2D eigenvalue weighted by atomic mass is 32.1. The number of fused-ring (bicyclic) bond motifs is 1. The first-order chi connectivity index (χ1) is 10.2. The maximum atomic E-state index is 12.6. The highest BCUT2D eigenvalue weighted by Crippen LogP contribution is 2.32. The van der Waals surface area contributed by atoms with Crippen LogP contribution in [0, 0.1) is 5.92 Å². The molecule has 0 radical (unpaired) electrons. The number of thiophene rings is 1. The molecule has 2 aromatic heterocycles. The molecule has 0 aromatic carbocycles. The topological polar surface area (TPSA) is 68.5 Å². The Kier molecular flexibility index (Phi) is 4.07. The molecule has 21 heavy (non-hydrogen) atoms. The Morgan fingerprint density at radius 3 is 3.19 bits per heavy atom.